The fourth-order valence-electron chi connectivity index (χ4n) is 2.27. The molecule has 0 aromatic rings. The molecule has 0 radical (unpaired) electrons. The van der Waals surface area contributed by atoms with Gasteiger partial charge in [0.1, 0.15) is 5.92 Å². The fourth-order valence-corrected chi connectivity index (χ4v) is 2.77. The maximum absolute atomic E-state index is 12.9. The summed E-state index contributed by atoms with van der Waals surface area (Å²) in [5, 5.41) is 1.89. The number of hydrogen-bond acceptors (Lipinski definition) is 3. The van der Waals surface area contributed by atoms with Crippen LogP contribution >= 0.6 is 23.8 Å². The van der Waals surface area contributed by atoms with E-state index in [1.165, 1.54) is 18.2 Å². The topological polar surface area (TPSA) is 49.4 Å². The third kappa shape index (κ3) is 3.76. The summed E-state index contributed by atoms with van der Waals surface area (Å²) in [6.45, 7) is 3.58. The molecule has 4 nitrogen and oxygen atoms in total. The van der Waals surface area contributed by atoms with Gasteiger partial charge < -0.3 is 5.32 Å². The Labute approximate surface area is 146 Å². The van der Waals surface area contributed by atoms with Gasteiger partial charge >= 0.3 is 6.18 Å². The Morgan fingerprint density at radius 2 is 2.08 bits per heavy atom. The largest absolute Gasteiger partial charge is 0.414 e. The van der Waals surface area contributed by atoms with E-state index in [1.54, 1.807) is 0 Å². The number of nitrogens with one attached hydrogen (secondary N) is 1. The first kappa shape index (κ1) is 18.4. The van der Waals surface area contributed by atoms with E-state index in [0.717, 1.165) is 11.0 Å². The molecule has 1 unspecified atom stereocenters. The van der Waals surface area contributed by atoms with Gasteiger partial charge in [-0.05, 0) is 23.9 Å². The minimum atomic E-state index is -4.59. The molecule has 0 aromatic heterocycles. The SMILES string of the molecule is C=CCN1C(=O)C(C=C2C=CC(Cl)=C(C(F)(F)F)C2)C(=O)NC1=S. The number of alkyl halides is 3. The Kier molecular flexibility index (Phi) is 5.29. The van der Waals surface area contributed by atoms with Crippen molar-refractivity contribution >= 4 is 40.7 Å². The Bertz CT molecular complexity index is 710. The quantitative estimate of drug-likeness (QED) is 0.468. The van der Waals surface area contributed by atoms with Gasteiger partial charge in [0.25, 0.3) is 0 Å². The van der Waals surface area contributed by atoms with Crippen LogP contribution in [-0.4, -0.2) is 34.5 Å². The van der Waals surface area contributed by atoms with Crippen LogP contribution in [0, 0.1) is 5.92 Å². The molecule has 1 fully saturated rings. The van der Waals surface area contributed by atoms with Crippen LogP contribution in [0.4, 0.5) is 13.2 Å². The van der Waals surface area contributed by atoms with Crippen molar-refractivity contribution in [3.05, 3.63) is 47.1 Å². The molecule has 0 spiro atoms. The molecular weight excluding hydrogens is 365 g/mol. The van der Waals surface area contributed by atoms with Gasteiger partial charge in [0.15, 0.2) is 5.11 Å². The Hall–Kier alpha value is -1.93. The van der Waals surface area contributed by atoms with Crippen LogP contribution in [0.1, 0.15) is 6.42 Å². The van der Waals surface area contributed by atoms with Gasteiger partial charge in [0.05, 0.1) is 5.57 Å². The summed E-state index contributed by atoms with van der Waals surface area (Å²) >= 11 is 10.5. The fraction of sp³-hybridized carbons (Fsp3) is 0.267. The third-order valence-electron chi connectivity index (χ3n) is 3.44. The van der Waals surface area contributed by atoms with E-state index in [4.69, 9.17) is 23.8 Å². The summed E-state index contributed by atoms with van der Waals surface area (Å²) in [6, 6.07) is 0. The summed E-state index contributed by atoms with van der Waals surface area (Å²) in [6.07, 6.45) is -0.0320. The van der Waals surface area contributed by atoms with Gasteiger partial charge in [-0.2, -0.15) is 13.2 Å². The first-order valence-electron chi connectivity index (χ1n) is 6.77. The summed E-state index contributed by atoms with van der Waals surface area (Å²) in [5.74, 6) is -2.55. The average molecular weight is 377 g/mol. The maximum atomic E-state index is 12.9. The zero-order valence-electron chi connectivity index (χ0n) is 12.2. The molecule has 1 aliphatic carbocycles. The summed E-state index contributed by atoms with van der Waals surface area (Å²) < 4.78 is 38.8. The van der Waals surface area contributed by atoms with Crippen molar-refractivity contribution in [3.8, 4) is 0 Å². The Morgan fingerprint density at radius 3 is 2.67 bits per heavy atom. The molecule has 24 heavy (non-hydrogen) atoms. The highest BCUT2D eigenvalue weighted by Crippen LogP contribution is 2.38. The van der Waals surface area contributed by atoms with Crippen LogP contribution in [0.5, 0.6) is 0 Å². The summed E-state index contributed by atoms with van der Waals surface area (Å²) in [4.78, 5) is 25.5. The number of nitrogens with zero attached hydrogens (tertiary/aromatic N) is 1. The van der Waals surface area contributed by atoms with Crippen LogP contribution in [0.15, 0.2) is 47.1 Å². The number of amides is 2. The zero-order valence-corrected chi connectivity index (χ0v) is 13.8. The minimum Gasteiger partial charge on any atom is -0.302 e. The van der Waals surface area contributed by atoms with Gasteiger partial charge in [-0.1, -0.05) is 29.8 Å². The van der Waals surface area contributed by atoms with Crippen LogP contribution in [0.3, 0.4) is 0 Å². The molecule has 2 amide bonds. The van der Waals surface area contributed by atoms with Gasteiger partial charge in [-0.3, -0.25) is 14.5 Å². The highest BCUT2D eigenvalue weighted by atomic mass is 35.5. The third-order valence-corrected chi connectivity index (χ3v) is 4.11. The Morgan fingerprint density at radius 1 is 1.42 bits per heavy atom. The summed E-state index contributed by atoms with van der Waals surface area (Å²) in [5.41, 5.74) is -0.744. The predicted octanol–water partition coefficient (Wildman–Crippen LogP) is 2.97. The van der Waals surface area contributed by atoms with E-state index in [9.17, 15) is 22.8 Å². The molecule has 1 atom stereocenters. The minimum absolute atomic E-state index is 0.0577. The molecule has 0 aromatic carbocycles. The van der Waals surface area contributed by atoms with Crippen molar-refractivity contribution in [2.45, 2.75) is 12.6 Å². The lowest BCUT2D eigenvalue weighted by molar-refractivity contribution is -0.138. The van der Waals surface area contributed by atoms with E-state index in [2.05, 4.69) is 11.9 Å². The molecule has 1 heterocycles. The van der Waals surface area contributed by atoms with Crippen LogP contribution in [0.25, 0.3) is 0 Å². The highest BCUT2D eigenvalue weighted by Gasteiger charge is 2.39. The number of halogens is 4. The van der Waals surface area contributed by atoms with Crippen LogP contribution < -0.4 is 5.32 Å². The molecule has 128 valence electrons. The van der Waals surface area contributed by atoms with E-state index in [1.807, 2.05) is 0 Å². The number of thiocarbonyl (C=S) groups is 1. The smallest absolute Gasteiger partial charge is 0.302 e. The number of allylic oxidation sites excluding steroid dienone is 5. The van der Waals surface area contributed by atoms with Crippen LogP contribution in [-0.2, 0) is 9.59 Å². The number of hydrogen-bond donors (Lipinski definition) is 1. The molecule has 2 rings (SSSR count). The molecule has 2 aliphatic rings. The van der Waals surface area contributed by atoms with Crippen LogP contribution in [0.2, 0.25) is 0 Å². The second-order valence-electron chi connectivity index (χ2n) is 5.09. The monoisotopic (exact) mass is 376 g/mol. The van der Waals surface area contributed by atoms with Gasteiger partial charge in [0, 0.05) is 18.0 Å². The molecular formula is C15H12ClF3N2O2S. The molecule has 9 heteroatoms. The highest BCUT2D eigenvalue weighted by molar-refractivity contribution is 7.80. The second kappa shape index (κ2) is 6.90. The lowest BCUT2D eigenvalue weighted by Gasteiger charge is -2.30. The molecule has 0 saturated carbocycles. The lowest BCUT2D eigenvalue weighted by atomic mass is 9.94. The molecule has 1 N–H and O–H groups in total. The van der Waals surface area contributed by atoms with Gasteiger partial charge in [0.2, 0.25) is 11.8 Å². The number of carbonyl (C=O) groups excluding carboxylic acids is 2. The van der Waals surface area contributed by atoms with Crippen molar-refractivity contribution in [3.63, 3.8) is 0 Å². The van der Waals surface area contributed by atoms with Crippen molar-refractivity contribution in [2.75, 3.05) is 6.54 Å². The zero-order chi connectivity index (χ0) is 18.1. The van der Waals surface area contributed by atoms with E-state index < -0.39 is 40.9 Å². The first-order valence-corrected chi connectivity index (χ1v) is 7.55. The van der Waals surface area contributed by atoms with Crippen molar-refractivity contribution in [1.29, 1.82) is 0 Å². The van der Waals surface area contributed by atoms with E-state index in [-0.39, 0.29) is 17.2 Å². The van der Waals surface area contributed by atoms with E-state index >= 15 is 0 Å². The lowest BCUT2D eigenvalue weighted by Crippen LogP contribution is -2.57. The molecule has 0 bridgehead atoms. The summed E-state index contributed by atoms with van der Waals surface area (Å²) in [7, 11) is 0. The normalized spacial score (nSPS) is 23.8. The van der Waals surface area contributed by atoms with Crippen molar-refractivity contribution < 1.29 is 22.8 Å². The van der Waals surface area contributed by atoms with Gasteiger partial charge in [-0.15, -0.1) is 6.58 Å². The average Bonchev–Trinajstić information content (AvgIpc) is 2.48. The second-order valence-corrected chi connectivity index (χ2v) is 5.88. The molecule has 1 saturated heterocycles. The van der Waals surface area contributed by atoms with Crippen molar-refractivity contribution in [2.24, 2.45) is 5.92 Å². The maximum Gasteiger partial charge on any atom is 0.414 e. The van der Waals surface area contributed by atoms with E-state index in [0.29, 0.717) is 0 Å². The van der Waals surface area contributed by atoms with Crippen molar-refractivity contribution in [1.82, 2.24) is 10.2 Å². The predicted molar refractivity (Wildman–Crippen MR) is 86.9 cm³/mol. The molecule has 1 aliphatic heterocycles. The van der Waals surface area contributed by atoms with Gasteiger partial charge in [-0.25, -0.2) is 0 Å². The first-order chi connectivity index (χ1) is 11.1. The number of carbonyl (C=O) groups is 2. The number of rotatable bonds is 3. The standard InChI is InChI=1S/C15H12ClF3N2O2S/c1-2-5-21-13(23)9(12(22)20-14(21)24)6-8-3-4-11(16)10(7-8)15(17,18)19/h2-4,6,9H,1,5,7H2,(H,20,22,24). The Balaban J connectivity index is 2.29.